The summed E-state index contributed by atoms with van der Waals surface area (Å²) in [4.78, 5) is 15.2. The minimum atomic E-state index is -0.288. The highest BCUT2D eigenvalue weighted by molar-refractivity contribution is 7.14. The number of nitrogens with zero attached hydrogens (tertiary/aromatic N) is 3. The number of rotatable bonds is 5. The quantitative estimate of drug-likeness (QED) is 0.579. The van der Waals surface area contributed by atoms with Crippen LogP contribution in [-0.2, 0) is 4.79 Å². The van der Waals surface area contributed by atoms with E-state index in [0.717, 1.165) is 36.4 Å². The molecule has 1 fully saturated rings. The third kappa shape index (κ3) is 4.22. The maximum atomic E-state index is 14.1. The maximum absolute atomic E-state index is 14.1. The van der Waals surface area contributed by atoms with Crippen molar-refractivity contribution in [3.05, 3.63) is 71.0 Å². The summed E-state index contributed by atoms with van der Waals surface area (Å²) < 4.78 is 14.1. The number of hydrogen-bond acceptors (Lipinski definition) is 4. The van der Waals surface area contributed by atoms with Gasteiger partial charge in [0.15, 0.2) is 5.01 Å². The summed E-state index contributed by atoms with van der Waals surface area (Å²) >= 11 is 1.43. The molecule has 1 amide bonds. The van der Waals surface area contributed by atoms with Crippen molar-refractivity contribution >= 4 is 17.2 Å². The van der Waals surface area contributed by atoms with Gasteiger partial charge in [-0.3, -0.25) is 4.79 Å². The molecule has 0 N–H and O–H groups in total. The molecule has 3 aromatic rings. The number of piperidine rings is 1. The Bertz CT molecular complexity index is 975. The fraction of sp³-hybridized carbons (Fsp3) is 0.348. The normalized spacial score (nSPS) is 17.9. The van der Waals surface area contributed by atoms with E-state index < -0.39 is 0 Å². The van der Waals surface area contributed by atoms with Gasteiger partial charge in [0.25, 0.3) is 0 Å². The molecule has 29 heavy (non-hydrogen) atoms. The molecule has 1 aliphatic heterocycles. The topological polar surface area (TPSA) is 46.1 Å². The van der Waals surface area contributed by atoms with E-state index in [1.54, 1.807) is 18.2 Å². The number of benzene rings is 2. The molecule has 1 aliphatic rings. The molecule has 6 heteroatoms. The Morgan fingerprint density at radius 2 is 1.93 bits per heavy atom. The number of carbonyl (C=O) groups is 1. The van der Waals surface area contributed by atoms with Gasteiger partial charge in [-0.2, -0.15) is 0 Å². The van der Waals surface area contributed by atoms with Gasteiger partial charge < -0.3 is 4.90 Å². The number of amides is 1. The van der Waals surface area contributed by atoms with E-state index in [9.17, 15) is 9.18 Å². The van der Waals surface area contributed by atoms with Crippen molar-refractivity contribution in [2.24, 2.45) is 0 Å². The van der Waals surface area contributed by atoms with E-state index in [0.29, 0.717) is 17.1 Å². The van der Waals surface area contributed by atoms with Gasteiger partial charge in [0.1, 0.15) is 10.8 Å². The number of aromatic nitrogens is 2. The predicted octanol–water partition coefficient (Wildman–Crippen LogP) is 5.24. The monoisotopic (exact) mass is 409 g/mol. The third-order valence-corrected chi connectivity index (χ3v) is 6.65. The van der Waals surface area contributed by atoms with Crippen LogP contribution < -0.4 is 0 Å². The van der Waals surface area contributed by atoms with Gasteiger partial charge >= 0.3 is 0 Å². The van der Waals surface area contributed by atoms with Crippen molar-refractivity contribution in [2.75, 3.05) is 13.1 Å². The molecule has 2 unspecified atom stereocenters. The van der Waals surface area contributed by atoms with Crippen molar-refractivity contribution in [1.82, 2.24) is 15.1 Å². The zero-order valence-electron chi connectivity index (χ0n) is 16.4. The van der Waals surface area contributed by atoms with Gasteiger partial charge in [-0.25, -0.2) is 4.39 Å². The second kappa shape index (κ2) is 8.82. The zero-order chi connectivity index (χ0) is 20.2. The van der Waals surface area contributed by atoms with Crippen molar-refractivity contribution in [1.29, 1.82) is 0 Å². The van der Waals surface area contributed by atoms with Gasteiger partial charge in [0.05, 0.1) is 5.92 Å². The first-order valence-corrected chi connectivity index (χ1v) is 10.9. The molecule has 2 heterocycles. The Morgan fingerprint density at radius 3 is 2.69 bits per heavy atom. The highest BCUT2D eigenvalue weighted by Crippen LogP contribution is 2.34. The molecule has 2 aromatic carbocycles. The van der Waals surface area contributed by atoms with Crippen LogP contribution in [0.5, 0.6) is 0 Å². The molecular weight excluding hydrogens is 385 g/mol. The van der Waals surface area contributed by atoms with Crippen LogP contribution in [0, 0.1) is 5.82 Å². The largest absolute Gasteiger partial charge is 0.341 e. The Morgan fingerprint density at radius 1 is 1.17 bits per heavy atom. The van der Waals surface area contributed by atoms with Crippen molar-refractivity contribution < 1.29 is 9.18 Å². The summed E-state index contributed by atoms with van der Waals surface area (Å²) in [5.41, 5.74) is 1.55. The summed E-state index contributed by atoms with van der Waals surface area (Å²) in [5, 5.41) is 10.0. The lowest BCUT2D eigenvalue weighted by atomic mass is 9.92. The van der Waals surface area contributed by atoms with Crippen LogP contribution >= 0.6 is 11.3 Å². The van der Waals surface area contributed by atoms with E-state index in [1.165, 1.54) is 17.4 Å². The summed E-state index contributed by atoms with van der Waals surface area (Å²) in [5.74, 6) is -0.0658. The Hall–Kier alpha value is -2.60. The maximum Gasteiger partial charge on any atom is 0.230 e. The third-order valence-electron chi connectivity index (χ3n) is 5.54. The summed E-state index contributed by atoms with van der Waals surface area (Å²) in [7, 11) is 0. The Labute approximate surface area is 174 Å². The molecular formula is C23H24FN3OS. The lowest BCUT2D eigenvalue weighted by Gasteiger charge is -2.34. The van der Waals surface area contributed by atoms with E-state index in [4.69, 9.17) is 0 Å². The minimum Gasteiger partial charge on any atom is -0.341 e. The van der Waals surface area contributed by atoms with Crippen molar-refractivity contribution in [3.8, 4) is 10.6 Å². The Kier molecular flexibility index (Phi) is 6.00. The lowest BCUT2D eigenvalue weighted by molar-refractivity contribution is -0.134. The van der Waals surface area contributed by atoms with E-state index in [1.807, 2.05) is 35.2 Å². The lowest BCUT2D eigenvalue weighted by Crippen LogP contribution is -2.41. The number of likely N-dealkylation sites (tertiary alicyclic amines) is 1. The highest BCUT2D eigenvalue weighted by atomic mass is 32.1. The second-order valence-corrected chi connectivity index (χ2v) is 8.43. The van der Waals surface area contributed by atoms with Crippen LogP contribution in [-0.4, -0.2) is 34.1 Å². The molecule has 0 saturated carbocycles. The van der Waals surface area contributed by atoms with Crippen LogP contribution in [0.2, 0.25) is 0 Å². The molecule has 4 rings (SSSR count). The fourth-order valence-corrected chi connectivity index (χ4v) is 4.98. The van der Waals surface area contributed by atoms with E-state index in [-0.39, 0.29) is 23.6 Å². The molecule has 0 aliphatic carbocycles. The molecule has 150 valence electrons. The van der Waals surface area contributed by atoms with Crippen molar-refractivity contribution in [2.45, 2.75) is 38.0 Å². The fourth-order valence-electron chi connectivity index (χ4n) is 3.98. The molecule has 2 atom stereocenters. The van der Waals surface area contributed by atoms with E-state index >= 15 is 0 Å². The van der Waals surface area contributed by atoms with Crippen molar-refractivity contribution in [3.63, 3.8) is 0 Å². The van der Waals surface area contributed by atoms with Crippen LogP contribution in [0.15, 0.2) is 54.6 Å². The van der Waals surface area contributed by atoms with Gasteiger partial charge in [0, 0.05) is 24.6 Å². The second-order valence-electron chi connectivity index (χ2n) is 7.42. The predicted molar refractivity (Wildman–Crippen MR) is 113 cm³/mol. The molecule has 1 saturated heterocycles. The standard InChI is InChI=1S/C23H24FN3OS/c1-2-18(16-9-4-3-5-10-16)23(28)27-14-8-11-17(15-27)21-25-26-22(29-21)19-12-6-7-13-20(19)24/h3-7,9-10,12-13,17-18H,2,8,11,14-15H2,1H3. The molecule has 0 spiro atoms. The van der Waals surface area contributed by atoms with Gasteiger partial charge in [-0.1, -0.05) is 60.7 Å². The molecule has 1 aromatic heterocycles. The number of hydrogen-bond donors (Lipinski definition) is 0. The van der Waals surface area contributed by atoms with E-state index in [2.05, 4.69) is 17.1 Å². The first-order chi connectivity index (χ1) is 14.2. The van der Waals surface area contributed by atoms with Gasteiger partial charge in [-0.05, 0) is 37.0 Å². The van der Waals surface area contributed by atoms with Gasteiger partial charge in [-0.15, -0.1) is 10.2 Å². The smallest absolute Gasteiger partial charge is 0.230 e. The zero-order valence-corrected chi connectivity index (χ0v) is 17.2. The van der Waals surface area contributed by atoms with Crippen LogP contribution in [0.1, 0.15) is 48.6 Å². The average Bonchev–Trinajstić information content (AvgIpc) is 3.25. The molecule has 0 radical (unpaired) electrons. The SMILES string of the molecule is CCC(C(=O)N1CCCC(c2nnc(-c3ccccc3F)s2)C1)c1ccccc1. The van der Waals surface area contributed by atoms with Crippen LogP contribution in [0.25, 0.3) is 10.6 Å². The summed E-state index contributed by atoms with van der Waals surface area (Å²) in [6.07, 6.45) is 2.69. The average molecular weight is 410 g/mol. The van der Waals surface area contributed by atoms with Gasteiger partial charge in [0.2, 0.25) is 5.91 Å². The Balaban J connectivity index is 1.50. The summed E-state index contributed by atoms with van der Waals surface area (Å²) in [6.45, 7) is 3.48. The minimum absolute atomic E-state index is 0.113. The highest BCUT2D eigenvalue weighted by Gasteiger charge is 2.31. The number of carbonyl (C=O) groups excluding carboxylic acids is 1. The first kappa shape index (κ1) is 19.7. The molecule has 4 nitrogen and oxygen atoms in total. The van der Waals surface area contributed by atoms with Crippen LogP contribution in [0.3, 0.4) is 0 Å². The van der Waals surface area contributed by atoms with Crippen LogP contribution in [0.4, 0.5) is 4.39 Å². The first-order valence-electron chi connectivity index (χ1n) is 10.1. The molecule has 0 bridgehead atoms. The summed E-state index contributed by atoms with van der Waals surface area (Å²) in [6, 6.07) is 16.6. The number of halogens is 1.